The molecule has 0 radical (unpaired) electrons. The van der Waals surface area contributed by atoms with Crippen LogP contribution in [0.25, 0.3) is 0 Å². The lowest BCUT2D eigenvalue weighted by molar-refractivity contribution is -0.170. The van der Waals surface area contributed by atoms with Crippen LogP contribution in [0.15, 0.2) is 24.4 Å². The van der Waals surface area contributed by atoms with Crippen molar-refractivity contribution in [2.24, 2.45) is 11.1 Å². The van der Waals surface area contributed by atoms with E-state index in [4.69, 9.17) is 10.5 Å². The quantitative estimate of drug-likeness (QED) is 0.600. The molecule has 1 amide bonds. The molecular weight excluding hydrogens is 304 g/mol. The summed E-state index contributed by atoms with van der Waals surface area (Å²) >= 11 is 0. The molecule has 0 saturated heterocycles. The van der Waals surface area contributed by atoms with Gasteiger partial charge in [0.05, 0.1) is 6.10 Å². The molecule has 134 valence electrons. The van der Waals surface area contributed by atoms with E-state index in [2.05, 4.69) is 15.6 Å². The summed E-state index contributed by atoms with van der Waals surface area (Å²) in [6.07, 6.45) is 4.26. The van der Waals surface area contributed by atoms with Crippen molar-refractivity contribution < 1.29 is 9.53 Å². The van der Waals surface area contributed by atoms with E-state index in [-0.39, 0.29) is 17.4 Å². The van der Waals surface area contributed by atoms with Gasteiger partial charge in [0.1, 0.15) is 11.4 Å². The number of aromatic nitrogens is 1. The van der Waals surface area contributed by atoms with Gasteiger partial charge in [0.25, 0.3) is 0 Å². The predicted molar refractivity (Wildman–Crippen MR) is 95.7 cm³/mol. The van der Waals surface area contributed by atoms with Gasteiger partial charge in [0, 0.05) is 37.7 Å². The number of carbonyl (C=O) groups excluding carboxylic acids is 1. The minimum absolute atomic E-state index is 0.0563. The Bertz CT molecular complexity index is 535. The van der Waals surface area contributed by atoms with Gasteiger partial charge >= 0.3 is 0 Å². The summed E-state index contributed by atoms with van der Waals surface area (Å²) in [7, 11) is 0. The number of unbranched alkanes of at least 4 members (excludes halogenated alkanes) is 1. The van der Waals surface area contributed by atoms with Gasteiger partial charge in [-0.25, -0.2) is 4.98 Å². The number of nitrogens with zero attached hydrogens (tertiary/aromatic N) is 1. The van der Waals surface area contributed by atoms with Crippen molar-refractivity contribution in [2.75, 3.05) is 25.0 Å². The zero-order valence-electron chi connectivity index (χ0n) is 15.0. The molecule has 24 heavy (non-hydrogen) atoms. The first-order chi connectivity index (χ1) is 11.4. The Labute approximate surface area is 144 Å². The Morgan fingerprint density at radius 2 is 2.12 bits per heavy atom. The van der Waals surface area contributed by atoms with E-state index < -0.39 is 5.54 Å². The Morgan fingerprint density at radius 3 is 2.75 bits per heavy atom. The van der Waals surface area contributed by atoms with Crippen LogP contribution < -0.4 is 16.4 Å². The number of anilines is 1. The van der Waals surface area contributed by atoms with Crippen LogP contribution in [0.5, 0.6) is 0 Å². The Kier molecular flexibility index (Phi) is 6.18. The zero-order valence-corrected chi connectivity index (χ0v) is 15.0. The fraction of sp³-hybridized carbons (Fsp3) is 0.667. The van der Waals surface area contributed by atoms with Gasteiger partial charge < -0.3 is 21.1 Å². The molecule has 4 N–H and O–H groups in total. The maximum absolute atomic E-state index is 12.4. The number of amides is 1. The minimum Gasteiger partial charge on any atom is -0.378 e. The predicted octanol–water partition coefficient (Wildman–Crippen LogP) is 1.92. The molecule has 0 bridgehead atoms. The second-order valence-corrected chi connectivity index (χ2v) is 6.95. The summed E-state index contributed by atoms with van der Waals surface area (Å²) in [5.74, 6) is 0.807. The van der Waals surface area contributed by atoms with Gasteiger partial charge in [-0.3, -0.25) is 4.79 Å². The number of hydrogen-bond acceptors (Lipinski definition) is 5. The summed E-state index contributed by atoms with van der Waals surface area (Å²) in [4.78, 5) is 16.7. The maximum Gasteiger partial charge on any atom is 0.240 e. The smallest absolute Gasteiger partial charge is 0.240 e. The maximum atomic E-state index is 12.4. The van der Waals surface area contributed by atoms with Crippen LogP contribution in [-0.4, -0.2) is 42.2 Å². The molecule has 0 aliphatic heterocycles. The summed E-state index contributed by atoms with van der Waals surface area (Å²) in [6.45, 7) is 8.09. The number of nitrogens with two attached hydrogens (primary N) is 1. The average Bonchev–Trinajstić information content (AvgIpc) is 2.58. The van der Waals surface area contributed by atoms with Crippen molar-refractivity contribution in [2.45, 2.75) is 51.7 Å². The molecule has 2 atom stereocenters. The van der Waals surface area contributed by atoms with E-state index in [1.807, 2.05) is 39.0 Å². The van der Waals surface area contributed by atoms with Crippen molar-refractivity contribution in [1.82, 2.24) is 10.3 Å². The Hall–Kier alpha value is -1.66. The number of carbonyl (C=O) groups is 1. The fourth-order valence-corrected chi connectivity index (χ4v) is 3.11. The van der Waals surface area contributed by atoms with Crippen molar-refractivity contribution in [3.63, 3.8) is 0 Å². The van der Waals surface area contributed by atoms with Crippen LogP contribution >= 0.6 is 0 Å². The third-order valence-electron chi connectivity index (χ3n) is 5.10. The van der Waals surface area contributed by atoms with Crippen molar-refractivity contribution in [1.29, 1.82) is 0 Å². The van der Waals surface area contributed by atoms with Gasteiger partial charge in [-0.15, -0.1) is 0 Å². The lowest BCUT2D eigenvalue weighted by atomic mass is 9.54. The molecule has 1 aliphatic rings. The average molecular weight is 334 g/mol. The SMILES string of the molecule is CCOC1CC(N)(C(=O)NCCCCNc2ccccn2)C1(C)C. The third kappa shape index (κ3) is 3.87. The molecule has 0 aromatic carbocycles. The van der Waals surface area contributed by atoms with Crippen LogP contribution in [0.2, 0.25) is 0 Å². The van der Waals surface area contributed by atoms with E-state index in [0.29, 0.717) is 19.6 Å². The van der Waals surface area contributed by atoms with Crippen LogP contribution in [0.1, 0.15) is 40.0 Å². The van der Waals surface area contributed by atoms with Crippen LogP contribution in [0, 0.1) is 5.41 Å². The lowest BCUT2D eigenvalue weighted by Gasteiger charge is -2.57. The van der Waals surface area contributed by atoms with Crippen LogP contribution in [-0.2, 0) is 9.53 Å². The number of hydrogen-bond donors (Lipinski definition) is 3. The van der Waals surface area contributed by atoms with Gasteiger partial charge in [-0.1, -0.05) is 19.9 Å². The molecule has 1 heterocycles. The molecule has 1 aliphatic carbocycles. The second-order valence-electron chi connectivity index (χ2n) is 6.95. The first kappa shape index (κ1) is 18.7. The minimum atomic E-state index is -0.834. The van der Waals surface area contributed by atoms with Gasteiger partial charge in [0.15, 0.2) is 0 Å². The second kappa shape index (κ2) is 7.94. The van der Waals surface area contributed by atoms with E-state index in [1.165, 1.54) is 0 Å². The summed E-state index contributed by atoms with van der Waals surface area (Å²) in [5.41, 5.74) is 5.18. The normalized spacial score (nSPS) is 24.9. The fourth-order valence-electron chi connectivity index (χ4n) is 3.11. The van der Waals surface area contributed by atoms with Gasteiger partial charge in [-0.05, 0) is 31.9 Å². The first-order valence-electron chi connectivity index (χ1n) is 8.75. The number of ether oxygens (including phenoxy) is 1. The highest BCUT2D eigenvalue weighted by Gasteiger charge is 2.62. The van der Waals surface area contributed by atoms with Gasteiger partial charge in [0.2, 0.25) is 5.91 Å². The molecule has 2 unspecified atom stereocenters. The van der Waals surface area contributed by atoms with E-state index in [0.717, 1.165) is 25.2 Å². The Balaban J connectivity index is 1.65. The van der Waals surface area contributed by atoms with Gasteiger partial charge in [-0.2, -0.15) is 0 Å². The number of nitrogens with one attached hydrogen (secondary N) is 2. The van der Waals surface area contributed by atoms with Crippen LogP contribution in [0.3, 0.4) is 0 Å². The molecular formula is C18H30N4O2. The van der Waals surface area contributed by atoms with Crippen molar-refractivity contribution in [3.05, 3.63) is 24.4 Å². The molecule has 6 heteroatoms. The lowest BCUT2D eigenvalue weighted by Crippen LogP contribution is -2.75. The molecule has 1 fully saturated rings. The molecule has 1 aromatic heterocycles. The molecule has 2 rings (SSSR count). The van der Waals surface area contributed by atoms with Crippen LogP contribution in [0.4, 0.5) is 5.82 Å². The molecule has 6 nitrogen and oxygen atoms in total. The van der Waals surface area contributed by atoms with Crippen molar-refractivity contribution >= 4 is 11.7 Å². The zero-order chi connectivity index (χ0) is 17.6. The number of pyridine rings is 1. The van der Waals surface area contributed by atoms with Crippen molar-refractivity contribution in [3.8, 4) is 0 Å². The molecule has 0 spiro atoms. The van der Waals surface area contributed by atoms with E-state index in [1.54, 1.807) is 6.20 Å². The first-order valence-corrected chi connectivity index (χ1v) is 8.75. The third-order valence-corrected chi connectivity index (χ3v) is 5.10. The standard InChI is InChI=1S/C18H30N4O2/c1-4-24-14-13-18(19,17(14,2)3)16(23)22-12-8-7-11-21-15-9-5-6-10-20-15/h5-6,9-10,14H,4,7-8,11-13,19H2,1-3H3,(H,20,21)(H,22,23). The largest absolute Gasteiger partial charge is 0.378 e. The highest BCUT2D eigenvalue weighted by molar-refractivity contribution is 5.88. The summed E-state index contributed by atoms with van der Waals surface area (Å²) < 4.78 is 5.66. The van der Waals surface area contributed by atoms with E-state index >= 15 is 0 Å². The highest BCUT2D eigenvalue weighted by atomic mass is 16.5. The van der Waals surface area contributed by atoms with E-state index in [9.17, 15) is 4.79 Å². The monoisotopic (exact) mass is 334 g/mol. The summed E-state index contributed by atoms with van der Waals surface area (Å²) in [5, 5.41) is 6.23. The number of rotatable bonds is 9. The Morgan fingerprint density at radius 1 is 1.38 bits per heavy atom. The summed E-state index contributed by atoms with van der Waals surface area (Å²) in [6, 6.07) is 5.78. The topological polar surface area (TPSA) is 89.3 Å². The molecule has 1 saturated carbocycles. The molecule has 1 aromatic rings. The highest BCUT2D eigenvalue weighted by Crippen LogP contribution is 2.49.